The largest absolute Gasteiger partial charge is 0.457 e. The van der Waals surface area contributed by atoms with Crippen LogP contribution in [-0.4, -0.2) is 42.7 Å². The quantitative estimate of drug-likeness (QED) is 0.361. The molecule has 30 heavy (non-hydrogen) atoms. The Morgan fingerprint density at radius 1 is 1.07 bits per heavy atom. The zero-order valence-electron chi connectivity index (χ0n) is 17.1. The summed E-state index contributed by atoms with van der Waals surface area (Å²) in [6, 6.07) is 15.0. The summed E-state index contributed by atoms with van der Waals surface area (Å²) in [6.45, 7) is 3.68. The van der Waals surface area contributed by atoms with Gasteiger partial charge in [0.05, 0.1) is 6.04 Å². The van der Waals surface area contributed by atoms with Gasteiger partial charge in [0, 0.05) is 18.1 Å². The number of nitrogens with two attached hydrogens (primary N) is 1. The van der Waals surface area contributed by atoms with Crippen molar-refractivity contribution in [2.75, 3.05) is 13.4 Å². The number of carbonyl (C=O) groups excluding carboxylic acids is 2. The highest BCUT2D eigenvalue weighted by Crippen LogP contribution is 2.21. The van der Waals surface area contributed by atoms with Crippen LogP contribution in [0.15, 0.2) is 54.6 Å². The van der Waals surface area contributed by atoms with E-state index in [0.29, 0.717) is 23.7 Å². The van der Waals surface area contributed by atoms with Crippen molar-refractivity contribution in [3.63, 3.8) is 0 Å². The molecule has 8 nitrogen and oxygen atoms in total. The van der Waals surface area contributed by atoms with E-state index in [1.54, 1.807) is 38.1 Å². The first kappa shape index (κ1) is 23.3. The van der Waals surface area contributed by atoms with E-state index in [1.807, 2.05) is 30.3 Å². The molecule has 2 rings (SSSR count). The van der Waals surface area contributed by atoms with Gasteiger partial charge in [0.25, 0.3) is 5.91 Å². The molecule has 0 aromatic heterocycles. The maximum atomic E-state index is 12.6. The summed E-state index contributed by atoms with van der Waals surface area (Å²) in [5.41, 5.74) is 5.68. The molecule has 0 aliphatic rings. The van der Waals surface area contributed by atoms with Crippen LogP contribution in [-0.2, 0) is 14.3 Å². The molecular formula is C22H28N2O6. The predicted molar refractivity (Wildman–Crippen MR) is 111 cm³/mol. The number of ether oxygens (including phenoxy) is 3. The molecule has 162 valence electrons. The predicted octanol–water partition coefficient (Wildman–Crippen LogP) is 2.42. The lowest BCUT2D eigenvalue weighted by Gasteiger charge is -2.26. The van der Waals surface area contributed by atoms with Crippen molar-refractivity contribution in [3.8, 4) is 11.5 Å². The molecule has 2 aromatic carbocycles. The molecule has 0 saturated carbocycles. The summed E-state index contributed by atoms with van der Waals surface area (Å²) < 4.78 is 16.0. The van der Waals surface area contributed by atoms with Crippen LogP contribution >= 0.6 is 0 Å². The third kappa shape index (κ3) is 7.47. The molecule has 3 unspecified atom stereocenters. The number of nitrogens with one attached hydrogen (secondary N) is 1. The summed E-state index contributed by atoms with van der Waals surface area (Å²) in [6.07, 6.45) is -1.24. The Labute approximate surface area is 175 Å². The molecule has 0 radical (unpaired) electrons. The minimum absolute atomic E-state index is 0.115. The average Bonchev–Trinajstić information content (AvgIpc) is 2.74. The van der Waals surface area contributed by atoms with Crippen molar-refractivity contribution in [1.82, 2.24) is 5.32 Å². The number of benzene rings is 2. The summed E-state index contributed by atoms with van der Waals surface area (Å²) >= 11 is 0. The standard InChI is InChI=1S/C22H28N2O6/c1-3-28-14-29-22(27)19(13-15(2)20(23)25)24-21(26)16-9-11-18(12-10-16)30-17-7-5-4-6-8-17/h4-12,15,19,22,27H,3,13-14H2,1-2H3,(H2,23,25)(H,24,26). The average molecular weight is 416 g/mol. The Balaban J connectivity index is 2.02. The van der Waals surface area contributed by atoms with Gasteiger partial charge in [-0.15, -0.1) is 0 Å². The molecule has 2 amide bonds. The number of hydrogen-bond donors (Lipinski definition) is 3. The number of aliphatic hydroxyl groups is 1. The van der Waals surface area contributed by atoms with E-state index in [0.717, 1.165) is 0 Å². The molecule has 3 atom stereocenters. The number of rotatable bonds is 12. The van der Waals surface area contributed by atoms with Crippen LogP contribution in [0.25, 0.3) is 0 Å². The fraction of sp³-hybridized carbons (Fsp3) is 0.364. The number of hydrogen-bond acceptors (Lipinski definition) is 6. The summed E-state index contributed by atoms with van der Waals surface area (Å²) in [7, 11) is 0. The fourth-order valence-electron chi connectivity index (χ4n) is 2.61. The normalized spacial score (nSPS) is 13.8. The Kier molecular flexibility index (Phi) is 9.27. The first-order valence-corrected chi connectivity index (χ1v) is 9.71. The Morgan fingerprint density at radius 2 is 1.70 bits per heavy atom. The zero-order chi connectivity index (χ0) is 21.9. The van der Waals surface area contributed by atoms with Crippen molar-refractivity contribution in [3.05, 3.63) is 60.2 Å². The zero-order valence-corrected chi connectivity index (χ0v) is 17.1. The molecular weight excluding hydrogens is 388 g/mol. The highest BCUT2D eigenvalue weighted by Gasteiger charge is 2.26. The van der Waals surface area contributed by atoms with Gasteiger partial charge in [0.1, 0.15) is 18.3 Å². The second-order valence-electron chi connectivity index (χ2n) is 6.73. The van der Waals surface area contributed by atoms with E-state index in [2.05, 4.69) is 5.32 Å². The van der Waals surface area contributed by atoms with Crippen LogP contribution in [0.5, 0.6) is 11.5 Å². The molecule has 0 aliphatic heterocycles. The van der Waals surface area contributed by atoms with Crippen LogP contribution in [0, 0.1) is 5.92 Å². The molecule has 8 heteroatoms. The second-order valence-corrected chi connectivity index (χ2v) is 6.73. The molecule has 0 spiro atoms. The fourth-order valence-corrected chi connectivity index (χ4v) is 2.61. The van der Waals surface area contributed by atoms with Crippen molar-refractivity contribution >= 4 is 11.8 Å². The summed E-state index contributed by atoms with van der Waals surface area (Å²) in [5.74, 6) is -0.264. The van der Waals surface area contributed by atoms with E-state index in [1.165, 1.54) is 0 Å². The lowest BCUT2D eigenvalue weighted by molar-refractivity contribution is -0.181. The van der Waals surface area contributed by atoms with Crippen LogP contribution in [0.1, 0.15) is 30.6 Å². The van der Waals surface area contributed by atoms with Crippen molar-refractivity contribution in [1.29, 1.82) is 0 Å². The highest BCUT2D eigenvalue weighted by molar-refractivity contribution is 5.94. The molecule has 0 saturated heterocycles. The first-order valence-electron chi connectivity index (χ1n) is 9.71. The van der Waals surface area contributed by atoms with Crippen molar-refractivity contribution in [2.45, 2.75) is 32.6 Å². The van der Waals surface area contributed by atoms with E-state index < -0.39 is 30.1 Å². The van der Waals surface area contributed by atoms with Gasteiger partial charge >= 0.3 is 0 Å². The topological polar surface area (TPSA) is 120 Å². The Bertz CT molecular complexity index is 797. The third-order valence-corrected chi connectivity index (χ3v) is 4.38. The maximum absolute atomic E-state index is 12.6. The maximum Gasteiger partial charge on any atom is 0.251 e. The lowest BCUT2D eigenvalue weighted by atomic mass is 10.0. The molecule has 2 aromatic rings. The molecule has 0 fully saturated rings. The number of amides is 2. The lowest BCUT2D eigenvalue weighted by Crippen LogP contribution is -2.46. The number of aliphatic hydroxyl groups excluding tert-OH is 1. The monoisotopic (exact) mass is 416 g/mol. The van der Waals surface area contributed by atoms with E-state index in [4.69, 9.17) is 19.9 Å². The Morgan fingerprint density at radius 3 is 2.30 bits per heavy atom. The van der Waals surface area contributed by atoms with Crippen molar-refractivity contribution < 1.29 is 28.9 Å². The Hall–Kier alpha value is -2.94. The van der Waals surface area contributed by atoms with E-state index in [-0.39, 0.29) is 13.2 Å². The van der Waals surface area contributed by atoms with Gasteiger partial charge in [-0.25, -0.2) is 0 Å². The van der Waals surface area contributed by atoms with Gasteiger partial charge in [-0.2, -0.15) is 0 Å². The van der Waals surface area contributed by atoms with E-state index in [9.17, 15) is 14.7 Å². The second kappa shape index (κ2) is 11.9. The summed E-state index contributed by atoms with van der Waals surface area (Å²) in [5, 5.41) is 13.0. The molecule has 0 bridgehead atoms. The van der Waals surface area contributed by atoms with Gasteiger partial charge in [0.15, 0.2) is 6.29 Å². The van der Waals surface area contributed by atoms with Gasteiger partial charge in [-0.1, -0.05) is 25.1 Å². The van der Waals surface area contributed by atoms with Crippen LogP contribution in [0.3, 0.4) is 0 Å². The van der Waals surface area contributed by atoms with Crippen LogP contribution in [0.2, 0.25) is 0 Å². The van der Waals surface area contributed by atoms with Gasteiger partial charge in [-0.05, 0) is 49.7 Å². The van der Waals surface area contributed by atoms with Gasteiger partial charge in [0.2, 0.25) is 5.91 Å². The number of para-hydroxylation sites is 1. The number of carbonyl (C=O) groups is 2. The van der Waals surface area contributed by atoms with E-state index >= 15 is 0 Å². The summed E-state index contributed by atoms with van der Waals surface area (Å²) in [4.78, 5) is 24.1. The first-order chi connectivity index (χ1) is 14.4. The van der Waals surface area contributed by atoms with Gasteiger partial charge in [-0.3, -0.25) is 9.59 Å². The van der Waals surface area contributed by atoms with Crippen molar-refractivity contribution in [2.24, 2.45) is 11.7 Å². The SMILES string of the molecule is CCOCOC(O)C(CC(C)C(N)=O)NC(=O)c1ccc(Oc2ccccc2)cc1. The van der Waals surface area contributed by atoms with Crippen LogP contribution in [0.4, 0.5) is 0 Å². The van der Waals surface area contributed by atoms with Crippen LogP contribution < -0.4 is 15.8 Å². The molecule has 4 N–H and O–H groups in total. The minimum Gasteiger partial charge on any atom is -0.457 e. The third-order valence-electron chi connectivity index (χ3n) is 4.38. The highest BCUT2D eigenvalue weighted by atomic mass is 16.7. The minimum atomic E-state index is -1.36. The molecule has 0 aliphatic carbocycles. The van der Waals surface area contributed by atoms with Gasteiger partial charge < -0.3 is 30.4 Å². The smallest absolute Gasteiger partial charge is 0.251 e. The number of primary amides is 1. The molecule has 0 heterocycles.